The van der Waals surface area contributed by atoms with Gasteiger partial charge in [0, 0.05) is 6.42 Å². The van der Waals surface area contributed by atoms with E-state index in [1.54, 1.807) is 0 Å². The molecule has 1 amide bonds. The normalized spacial score (nSPS) is 11.5. The molecule has 0 bridgehead atoms. The molecule has 0 spiro atoms. The molecule has 0 aliphatic carbocycles. The van der Waals surface area contributed by atoms with Gasteiger partial charge in [-0.25, -0.2) is 4.79 Å². The quantitative estimate of drug-likeness (QED) is 0.575. The van der Waals surface area contributed by atoms with Crippen molar-refractivity contribution >= 4 is 23.5 Å². The molecule has 8 heteroatoms. The van der Waals surface area contributed by atoms with Crippen molar-refractivity contribution in [2.45, 2.75) is 18.9 Å². The number of hydrogen-bond acceptors (Lipinski definition) is 5. The molecule has 1 unspecified atom stereocenters. The molecule has 1 atom stereocenters. The summed E-state index contributed by atoms with van der Waals surface area (Å²) in [6.07, 6.45) is -0.289. The van der Waals surface area contributed by atoms with Crippen molar-refractivity contribution in [3.05, 3.63) is 23.8 Å². The first-order valence-electron chi connectivity index (χ1n) is 6.04. The Bertz CT molecular complexity index is 558. The Labute approximate surface area is 120 Å². The van der Waals surface area contributed by atoms with Gasteiger partial charge in [-0.1, -0.05) is 0 Å². The van der Waals surface area contributed by atoms with Gasteiger partial charge in [0.1, 0.15) is 5.75 Å². The number of aliphatic carboxylic acids is 1. The van der Waals surface area contributed by atoms with Gasteiger partial charge >= 0.3 is 11.9 Å². The van der Waals surface area contributed by atoms with E-state index in [1.807, 2.05) is 0 Å². The van der Waals surface area contributed by atoms with Crippen molar-refractivity contribution in [3.8, 4) is 5.75 Å². The molecule has 1 rings (SSSR count). The number of methoxy groups -OCH3 is 1. The minimum atomic E-state index is -1.23. The highest BCUT2D eigenvalue weighted by Crippen LogP contribution is 2.22. The topological polar surface area (TPSA) is 139 Å². The maximum Gasteiger partial charge on any atom is 0.337 e. The van der Waals surface area contributed by atoms with E-state index in [9.17, 15) is 14.4 Å². The number of nitrogens with one attached hydrogen (secondary N) is 1. The van der Waals surface area contributed by atoms with E-state index in [0.29, 0.717) is 5.75 Å². The average molecular weight is 296 g/mol. The third-order valence-electron chi connectivity index (χ3n) is 2.72. The largest absolute Gasteiger partial charge is 0.497 e. The summed E-state index contributed by atoms with van der Waals surface area (Å²) < 4.78 is 4.91. The third-order valence-corrected chi connectivity index (χ3v) is 2.72. The summed E-state index contributed by atoms with van der Waals surface area (Å²) in [7, 11) is 1.39. The van der Waals surface area contributed by atoms with E-state index in [-0.39, 0.29) is 24.1 Å². The Hall–Kier alpha value is -2.61. The second-order valence-electron chi connectivity index (χ2n) is 4.24. The number of aromatic carboxylic acids is 1. The van der Waals surface area contributed by atoms with Gasteiger partial charge in [-0.15, -0.1) is 0 Å². The summed E-state index contributed by atoms with van der Waals surface area (Å²) in [6.45, 7) is 0. The molecule has 0 fully saturated rings. The van der Waals surface area contributed by atoms with Crippen LogP contribution in [-0.2, 0) is 9.59 Å². The zero-order valence-corrected chi connectivity index (χ0v) is 11.3. The highest BCUT2D eigenvalue weighted by molar-refractivity contribution is 6.02. The Morgan fingerprint density at radius 1 is 1.33 bits per heavy atom. The van der Waals surface area contributed by atoms with Crippen molar-refractivity contribution < 1.29 is 29.3 Å². The molecule has 0 saturated heterocycles. The van der Waals surface area contributed by atoms with Gasteiger partial charge in [0.05, 0.1) is 24.4 Å². The van der Waals surface area contributed by atoms with Crippen LogP contribution in [0.2, 0.25) is 0 Å². The van der Waals surface area contributed by atoms with Crippen LogP contribution in [0.3, 0.4) is 0 Å². The standard InChI is InChI=1S/C13H16N2O6/c1-21-7-2-4-10(8(6-7)13(19)20)15-12(18)9(14)3-5-11(16)17/h2,4,6,9H,3,5,14H2,1H3,(H,15,18)(H,16,17)(H,19,20). The number of carboxylic acid groups (broad SMARTS) is 2. The summed E-state index contributed by atoms with van der Waals surface area (Å²) in [5.41, 5.74) is 5.47. The van der Waals surface area contributed by atoms with Crippen LogP contribution in [0.25, 0.3) is 0 Å². The van der Waals surface area contributed by atoms with Crippen molar-refractivity contribution in [1.29, 1.82) is 0 Å². The highest BCUT2D eigenvalue weighted by atomic mass is 16.5. The van der Waals surface area contributed by atoms with Crippen LogP contribution in [0.5, 0.6) is 5.75 Å². The Morgan fingerprint density at radius 2 is 2.00 bits per heavy atom. The third kappa shape index (κ3) is 4.77. The molecule has 0 radical (unpaired) electrons. The van der Waals surface area contributed by atoms with E-state index in [0.717, 1.165) is 0 Å². The molecular formula is C13H16N2O6. The Morgan fingerprint density at radius 3 is 2.52 bits per heavy atom. The van der Waals surface area contributed by atoms with Crippen LogP contribution >= 0.6 is 0 Å². The monoisotopic (exact) mass is 296 g/mol. The first-order chi connectivity index (χ1) is 9.85. The van der Waals surface area contributed by atoms with Gasteiger partial charge in [0.2, 0.25) is 5.91 Å². The lowest BCUT2D eigenvalue weighted by atomic mass is 10.1. The molecule has 1 aromatic carbocycles. The summed E-state index contributed by atoms with van der Waals surface area (Å²) in [4.78, 5) is 33.4. The summed E-state index contributed by atoms with van der Waals surface area (Å²) in [6, 6.07) is 3.10. The maximum absolute atomic E-state index is 11.8. The summed E-state index contributed by atoms with van der Waals surface area (Å²) in [5, 5.41) is 20.0. The number of nitrogens with two attached hydrogens (primary N) is 1. The predicted octanol–water partition coefficient (Wildman–Crippen LogP) is 0.524. The van der Waals surface area contributed by atoms with Crippen molar-refractivity contribution in [2.24, 2.45) is 5.73 Å². The fourth-order valence-corrected chi connectivity index (χ4v) is 1.57. The van der Waals surface area contributed by atoms with Crippen LogP contribution in [0.15, 0.2) is 18.2 Å². The first kappa shape index (κ1) is 16.4. The molecule has 5 N–H and O–H groups in total. The van der Waals surface area contributed by atoms with E-state index >= 15 is 0 Å². The second-order valence-corrected chi connectivity index (χ2v) is 4.24. The Kier molecular flexibility index (Phi) is 5.67. The van der Waals surface area contributed by atoms with Gasteiger partial charge in [0.25, 0.3) is 0 Å². The maximum atomic E-state index is 11.8. The molecule has 0 aromatic heterocycles. The minimum Gasteiger partial charge on any atom is -0.497 e. The van der Waals surface area contributed by atoms with Gasteiger partial charge in [0.15, 0.2) is 0 Å². The average Bonchev–Trinajstić information content (AvgIpc) is 2.44. The second kappa shape index (κ2) is 7.25. The fourth-order valence-electron chi connectivity index (χ4n) is 1.57. The van der Waals surface area contributed by atoms with Gasteiger partial charge in [-0.2, -0.15) is 0 Å². The number of amides is 1. The molecule has 21 heavy (non-hydrogen) atoms. The van der Waals surface area contributed by atoms with Crippen molar-refractivity contribution in [1.82, 2.24) is 0 Å². The number of benzene rings is 1. The number of rotatable bonds is 7. The van der Waals surface area contributed by atoms with Gasteiger partial charge < -0.3 is 26.0 Å². The number of hydrogen-bond donors (Lipinski definition) is 4. The van der Waals surface area contributed by atoms with Crippen LogP contribution in [0.4, 0.5) is 5.69 Å². The lowest BCUT2D eigenvalue weighted by Gasteiger charge is -2.13. The van der Waals surface area contributed by atoms with Gasteiger partial charge in [-0.3, -0.25) is 9.59 Å². The molecule has 1 aromatic rings. The lowest BCUT2D eigenvalue weighted by molar-refractivity contribution is -0.137. The molecule has 0 aliphatic heterocycles. The number of carbonyl (C=O) groups is 3. The van der Waals surface area contributed by atoms with Crippen LogP contribution in [0.1, 0.15) is 23.2 Å². The Balaban J connectivity index is 2.84. The number of carbonyl (C=O) groups excluding carboxylic acids is 1. The zero-order valence-electron chi connectivity index (χ0n) is 11.3. The molecule has 8 nitrogen and oxygen atoms in total. The smallest absolute Gasteiger partial charge is 0.337 e. The van der Waals surface area contributed by atoms with Crippen molar-refractivity contribution in [3.63, 3.8) is 0 Å². The lowest BCUT2D eigenvalue weighted by Crippen LogP contribution is -2.36. The van der Waals surface area contributed by atoms with Crippen LogP contribution in [-0.4, -0.2) is 41.2 Å². The number of ether oxygens (including phenoxy) is 1. The molecule has 0 saturated carbocycles. The number of anilines is 1. The van der Waals surface area contributed by atoms with Gasteiger partial charge in [-0.05, 0) is 24.6 Å². The van der Waals surface area contributed by atoms with E-state index in [4.69, 9.17) is 20.7 Å². The molecule has 0 heterocycles. The molecule has 114 valence electrons. The minimum absolute atomic E-state index is 0.0419. The molecular weight excluding hydrogens is 280 g/mol. The zero-order chi connectivity index (χ0) is 16.0. The molecule has 0 aliphatic rings. The summed E-state index contributed by atoms with van der Waals surface area (Å²) in [5.74, 6) is -2.61. The SMILES string of the molecule is COc1ccc(NC(=O)C(N)CCC(=O)O)c(C(=O)O)c1. The first-order valence-corrected chi connectivity index (χ1v) is 6.04. The van der Waals surface area contributed by atoms with Crippen LogP contribution in [0, 0.1) is 0 Å². The predicted molar refractivity (Wildman–Crippen MR) is 73.4 cm³/mol. The number of carboxylic acids is 2. The highest BCUT2D eigenvalue weighted by Gasteiger charge is 2.18. The van der Waals surface area contributed by atoms with Crippen LogP contribution < -0.4 is 15.8 Å². The summed E-state index contributed by atoms with van der Waals surface area (Å²) >= 11 is 0. The van der Waals surface area contributed by atoms with E-state index in [2.05, 4.69) is 5.32 Å². The van der Waals surface area contributed by atoms with Crippen molar-refractivity contribution in [2.75, 3.05) is 12.4 Å². The van der Waals surface area contributed by atoms with E-state index in [1.165, 1.54) is 25.3 Å². The van der Waals surface area contributed by atoms with E-state index < -0.39 is 23.9 Å². The fraction of sp³-hybridized carbons (Fsp3) is 0.308.